The molecule has 3 atom stereocenters. The minimum atomic E-state index is 0.641. The van der Waals surface area contributed by atoms with Crippen molar-refractivity contribution < 1.29 is 0 Å². The van der Waals surface area contributed by atoms with Crippen molar-refractivity contribution in [3.8, 4) is 0 Å². The molecule has 2 nitrogen and oxygen atoms in total. The molecule has 3 heteroatoms. The Morgan fingerprint density at radius 1 is 1.24 bits per heavy atom. The van der Waals surface area contributed by atoms with Crippen LogP contribution in [0, 0.1) is 0 Å². The molecule has 0 spiro atoms. The molecule has 0 aromatic rings. The first-order valence-electron chi connectivity index (χ1n) is 7.20. The van der Waals surface area contributed by atoms with Crippen molar-refractivity contribution in [2.75, 3.05) is 18.6 Å². The van der Waals surface area contributed by atoms with Crippen LogP contribution in [0.4, 0.5) is 0 Å². The third-order valence-corrected chi connectivity index (χ3v) is 4.27. The third-order valence-electron chi connectivity index (χ3n) is 3.62. The number of thioether (sulfide) groups is 1. The molecule has 0 saturated carbocycles. The Morgan fingerprint density at radius 3 is 2.82 bits per heavy atom. The molecule has 2 N–H and O–H groups in total. The van der Waals surface area contributed by atoms with Gasteiger partial charge in [0.25, 0.3) is 0 Å². The van der Waals surface area contributed by atoms with E-state index in [1.54, 1.807) is 0 Å². The van der Waals surface area contributed by atoms with Gasteiger partial charge in [-0.3, -0.25) is 0 Å². The molecule has 0 amide bonds. The van der Waals surface area contributed by atoms with Crippen molar-refractivity contribution in [1.29, 1.82) is 0 Å². The van der Waals surface area contributed by atoms with E-state index < -0.39 is 0 Å². The zero-order valence-electron chi connectivity index (χ0n) is 11.8. The van der Waals surface area contributed by atoms with E-state index in [9.17, 15) is 0 Å². The second kappa shape index (κ2) is 9.23. The van der Waals surface area contributed by atoms with Gasteiger partial charge in [-0.15, -0.1) is 0 Å². The van der Waals surface area contributed by atoms with Crippen LogP contribution >= 0.6 is 11.8 Å². The van der Waals surface area contributed by atoms with Crippen LogP contribution in [0.15, 0.2) is 0 Å². The highest BCUT2D eigenvalue weighted by Gasteiger charge is 2.15. The fourth-order valence-corrected chi connectivity index (χ4v) is 3.25. The minimum Gasteiger partial charge on any atom is -0.314 e. The first-order valence-corrected chi connectivity index (χ1v) is 8.60. The summed E-state index contributed by atoms with van der Waals surface area (Å²) < 4.78 is 0. The molecule has 0 bridgehead atoms. The van der Waals surface area contributed by atoms with Crippen LogP contribution in [0.5, 0.6) is 0 Å². The molecule has 1 fully saturated rings. The summed E-state index contributed by atoms with van der Waals surface area (Å²) in [6.45, 7) is 5.87. The van der Waals surface area contributed by atoms with Crippen molar-refractivity contribution in [2.45, 2.75) is 70.5 Å². The maximum Gasteiger partial charge on any atom is 0.00817 e. The number of hydrogen-bond acceptors (Lipinski definition) is 3. The van der Waals surface area contributed by atoms with E-state index in [0.717, 1.165) is 6.04 Å². The van der Waals surface area contributed by atoms with Gasteiger partial charge in [0, 0.05) is 18.1 Å². The summed E-state index contributed by atoms with van der Waals surface area (Å²) in [6, 6.07) is 2.04. The van der Waals surface area contributed by atoms with E-state index >= 15 is 0 Å². The van der Waals surface area contributed by atoms with Gasteiger partial charge in [-0.05, 0) is 58.1 Å². The van der Waals surface area contributed by atoms with E-state index in [4.69, 9.17) is 0 Å². The van der Waals surface area contributed by atoms with E-state index in [1.807, 2.05) is 11.8 Å². The smallest absolute Gasteiger partial charge is 0.00817 e. The van der Waals surface area contributed by atoms with Crippen molar-refractivity contribution >= 4 is 11.8 Å². The first kappa shape index (κ1) is 15.3. The second-order valence-corrected chi connectivity index (χ2v) is 6.47. The van der Waals surface area contributed by atoms with Gasteiger partial charge in [0.05, 0.1) is 0 Å². The Labute approximate surface area is 112 Å². The Bertz CT molecular complexity index is 179. The van der Waals surface area contributed by atoms with Crippen molar-refractivity contribution in [3.63, 3.8) is 0 Å². The monoisotopic (exact) mass is 258 g/mol. The second-order valence-electron chi connectivity index (χ2n) is 5.49. The maximum atomic E-state index is 3.73. The van der Waals surface area contributed by atoms with Crippen LogP contribution < -0.4 is 10.6 Å². The lowest BCUT2D eigenvalue weighted by atomic mass is 10.0. The molecular formula is C14H30N2S. The molecule has 0 aromatic heterocycles. The summed E-state index contributed by atoms with van der Waals surface area (Å²) in [7, 11) is 0. The minimum absolute atomic E-state index is 0.641. The summed E-state index contributed by atoms with van der Waals surface area (Å²) in [5.41, 5.74) is 0. The quantitative estimate of drug-likeness (QED) is 0.734. The highest BCUT2D eigenvalue weighted by atomic mass is 32.2. The summed E-state index contributed by atoms with van der Waals surface area (Å²) >= 11 is 1.94. The number of rotatable bonds is 7. The van der Waals surface area contributed by atoms with Gasteiger partial charge in [-0.1, -0.05) is 12.8 Å². The largest absolute Gasteiger partial charge is 0.314 e. The summed E-state index contributed by atoms with van der Waals surface area (Å²) in [5.74, 6) is 1.27. The van der Waals surface area contributed by atoms with Crippen LogP contribution in [-0.4, -0.2) is 36.7 Å². The lowest BCUT2D eigenvalue weighted by molar-refractivity contribution is 0.374. The molecule has 1 heterocycles. The molecule has 0 aromatic carbocycles. The van der Waals surface area contributed by atoms with Gasteiger partial charge in [0.1, 0.15) is 0 Å². The molecule has 102 valence electrons. The summed E-state index contributed by atoms with van der Waals surface area (Å²) in [5, 5.41) is 7.41. The lowest BCUT2D eigenvalue weighted by Crippen LogP contribution is -2.40. The van der Waals surface area contributed by atoms with Crippen molar-refractivity contribution in [1.82, 2.24) is 10.6 Å². The zero-order valence-corrected chi connectivity index (χ0v) is 12.6. The first-order chi connectivity index (χ1) is 8.22. The molecule has 17 heavy (non-hydrogen) atoms. The number of hydrogen-bond donors (Lipinski definition) is 2. The Kier molecular flexibility index (Phi) is 8.33. The maximum absolute atomic E-state index is 3.73. The Morgan fingerprint density at radius 2 is 2.06 bits per heavy atom. The highest BCUT2D eigenvalue weighted by Crippen LogP contribution is 2.13. The predicted molar refractivity (Wildman–Crippen MR) is 79.9 cm³/mol. The lowest BCUT2D eigenvalue weighted by Gasteiger charge is -2.24. The van der Waals surface area contributed by atoms with Gasteiger partial charge in [-0.2, -0.15) is 11.8 Å². The van der Waals surface area contributed by atoms with E-state index in [2.05, 4.69) is 30.7 Å². The van der Waals surface area contributed by atoms with Crippen LogP contribution in [0.3, 0.4) is 0 Å². The zero-order chi connectivity index (χ0) is 12.5. The third kappa shape index (κ3) is 7.32. The standard InChI is InChI=1S/C14H30N2S/c1-12(8-10-17-3)16-13(2)11-14-7-5-4-6-9-15-14/h12-16H,4-11H2,1-3H3. The summed E-state index contributed by atoms with van der Waals surface area (Å²) in [4.78, 5) is 0. The highest BCUT2D eigenvalue weighted by molar-refractivity contribution is 7.98. The average Bonchev–Trinajstić information content (AvgIpc) is 2.54. The van der Waals surface area contributed by atoms with Gasteiger partial charge >= 0.3 is 0 Å². The van der Waals surface area contributed by atoms with Crippen molar-refractivity contribution in [3.05, 3.63) is 0 Å². The Balaban J connectivity index is 2.15. The molecule has 3 unspecified atom stereocenters. The van der Waals surface area contributed by atoms with Gasteiger partial charge < -0.3 is 10.6 Å². The molecule has 1 aliphatic rings. The van der Waals surface area contributed by atoms with Crippen LogP contribution in [0.1, 0.15) is 52.4 Å². The predicted octanol–water partition coefficient (Wildman–Crippen LogP) is 3.03. The SMILES string of the molecule is CSCCC(C)NC(C)CC1CCCCCN1. The van der Waals surface area contributed by atoms with E-state index in [-0.39, 0.29) is 0 Å². The molecule has 0 radical (unpaired) electrons. The molecular weight excluding hydrogens is 228 g/mol. The Hall–Kier alpha value is 0.270. The topological polar surface area (TPSA) is 24.1 Å². The fraction of sp³-hybridized carbons (Fsp3) is 1.00. The van der Waals surface area contributed by atoms with Crippen LogP contribution in [-0.2, 0) is 0 Å². The normalized spacial score (nSPS) is 25.2. The van der Waals surface area contributed by atoms with Gasteiger partial charge in [0.2, 0.25) is 0 Å². The van der Waals surface area contributed by atoms with E-state index in [1.165, 1.54) is 50.8 Å². The van der Waals surface area contributed by atoms with Gasteiger partial charge in [-0.25, -0.2) is 0 Å². The molecule has 1 aliphatic heterocycles. The van der Waals surface area contributed by atoms with Crippen LogP contribution in [0.25, 0.3) is 0 Å². The molecule has 1 saturated heterocycles. The van der Waals surface area contributed by atoms with Crippen molar-refractivity contribution in [2.24, 2.45) is 0 Å². The average molecular weight is 258 g/mol. The van der Waals surface area contributed by atoms with Crippen LogP contribution in [0.2, 0.25) is 0 Å². The fourth-order valence-electron chi connectivity index (χ4n) is 2.66. The summed E-state index contributed by atoms with van der Waals surface area (Å²) in [6.07, 6.45) is 10.3. The molecule has 0 aliphatic carbocycles. The van der Waals surface area contributed by atoms with E-state index in [0.29, 0.717) is 12.1 Å². The van der Waals surface area contributed by atoms with Gasteiger partial charge in [0.15, 0.2) is 0 Å². The molecule has 1 rings (SSSR count). The number of nitrogens with one attached hydrogen (secondary N) is 2.